The largest absolute Gasteiger partial charge is 0.456 e. The third-order valence-corrected chi connectivity index (χ3v) is 3.08. The van der Waals surface area contributed by atoms with Crippen molar-refractivity contribution < 1.29 is 15.4 Å². The topological polar surface area (TPSA) is 13.1 Å². The van der Waals surface area contributed by atoms with Crippen molar-refractivity contribution in [1.82, 2.24) is 0 Å². The molecule has 3 aromatic rings. The van der Waals surface area contributed by atoms with Crippen molar-refractivity contribution in [3.8, 4) is 22.6 Å². The fourth-order valence-corrected chi connectivity index (χ4v) is 1.84. The van der Waals surface area contributed by atoms with Gasteiger partial charge in [-0.2, -0.15) is 0 Å². The zero-order valence-corrected chi connectivity index (χ0v) is 12.5. The number of rotatable bonds is 2. The maximum Gasteiger partial charge on any atom is 0.134 e. The second kappa shape index (κ2) is 5.35. The van der Waals surface area contributed by atoms with Crippen molar-refractivity contribution in [3.63, 3.8) is 0 Å². The van der Waals surface area contributed by atoms with Gasteiger partial charge in [0, 0.05) is 20.1 Å². The Balaban J connectivity index is 2.25. The molecule has 0 spiro atoms. The van der Waals surface area contributed by atoms with Gasteiger partial charge in [-0.1, -0.05) is 56.0 Å². The lowest BCUT2D eigenvalue weighted by Gasteiger charge is -1.99. The summed E-state index contributed by atoms with van der Waals surface area (Å²) in [5.74, 6) is 0.0727. The number of hydrogen-bond donors (Lipinski definition) is 0. The molecule has 0 N–H and O–H groups in total. The van der Waals surface area contributed by atoms with Gasteiger partial charge in [-0.3, -0.25) is 0 Å². The molecule has 0 fully saturated rings. The van der Waals surface area contributed by atoms with E-state index in [9.17, 15) is 0 Å². The van der Waals surface area contributed by atoms with E-state index in [1.165, 1.54) is 12.1 Å². The SMILES string of the molecule is [2H]c1c([2H])c(-c2ccc(-c3c([2H])c([2H])c(Br)c([2H])c3[2H])o2)c([2H])c([2H])c1Br. The maximum absolute atomic E-state index is 8.08. The average Bonchev–Trinajstić information content (AvgIpc) is 3.11. The van der Waals surface area contributed by atoms with E-state index in [-0.39, 0.29) is 79.9 Å². The Bertz CT molecular complexity index is 951. The third-order valence-electron chi connectivity index (χ3n) is 2.29. The van der Waals surface area contributed by atoms with Gasteiger partial charge >= 0.3 is 0 Å². The summed E-state index contributed by atoms with van der Waals surface area (Å²) in [5, 5.41) is 0. The molecule has 0 aliphatic carbocycles. The summed E-state index contributed by atoms with van der Waals surface area (Å²) < 4.78 is 69.6. The van der Waals surface area contributed by atoms with Crippen LogP contribution < -0.4 is 0 Å². The predicted octanol–water partition coefficient (Wildman–Crippen LogP) is 6.14. The Hall–Kier alpha value is -1.32. The molecule has 0 aliphatic rings. The summed E-state index contributed by atoms with van der Waals surface area (Å²) in [4.78, 5) is 0. The normalized spacial score (nSPS) is 16.5. The molecule has 0 atom stereocenters. The van der Waals surface area contributed by atoms with Crippen LogP contribution in [0.4, 0.5) is 0 Å². The minimum Gasteiger partial charge on any atom is -0.456 e. The van der Waals surface area contributed by atoms with Gasteiger partial charge in [-0.25, -0.2) is 0 Å². The first-order valence-corrected chi connectivity index (χ1v) is 6.78. The van der Waals surface area contributed by atoms with Gasteiger partial charge < -0.3 is 4.42 Å². The van der Waals surface area contributed by atoms with Crippen molar-refractivity contribution in [2.45, 2.75) is 0 Å². The van der Waals surface area contributed by atoms with Crippen LogP contribution in [0.2, 0.25) is 0 Å². The molecule has 0 unspecified atom stereocenters. The molecule has 0 saturated carbocycles. The number of hydrogen-bond acceptors (Lipinski definition) is 1. The second-order valence-electron chi connectivity index (χ2n) is 3.54. The van der Waals surface area contributed by atoms with Crippen LogP contribution in [0.1, 0.15) is 11.0 Å². The second-order valence-corrected chi connectivity index (χ2v) is 5.13. The van der Waals surface area contributed by atoms with Crippen molar-refractivity contribution in [3.05, 3.63) is 69.4 Å². The Morgan fingerprint density at radius 2 is 1.05 bits per heavy atom. The van der Waals surface area contributed by atoms with E-state index in [0.717, 1.165) is 0 Å². The van der Waals surface area contributed by atoms with E-state index < -0.39 is 0 Å². The first-order valence-electron chi connectivity index (χ1n) is 9.20. The van der Waals surface area contributed by atoms with Gasteiger partial charge in [-0.15, -0.1) is 0 Å². The van der Waals surface area contributed by atoms with Gasteiger partial charge in [0.25, 0.3) is 0 Å². The van der Waals surface area contributed by atoms with Crippen LogP contribution in [0.5, 0.6) is 0 Å². The van der Waals surface area contributed by atoms with E-state index in [1.54, 1.807) is 0 Å². The van der Waals surface area contributed by atoms with Gasteiger partial charge in [0.2, 0.25) is 0 Å². The highest BCUT2D eigenvalue weighted by molar-refractivity contribution is 9.10. The fourth-order valence-electron chi connectivity index (χ4n) is 1.45. The lowest BCUT2D eigenvalue weighted by molar-refractivity contribution is 0.597. The van der Waals surface area contributed by atoms with Crippen LogP contribution in [0, 0.1) is 0 Å². The van der Waals surface area contributed by atoms with Crippen LogP contribution in [0.3, 0.4) is 0 Å². The lowest BCUT2D eigenvalue weighted by atomic mass is 10.2. The third kappa shape index (κ3) is 2.82. The zero-order valence-electron chi connectivity index (χ0n) is 17.3. The molecule has 3 heteroatoms. The molecule has 1 heterocycles. The van der Waals surface area contributed by atoms with Crippen LogP contribution >= 0.6 is 31.9 Å². The fraction of sp³-hybridized carbons (Fsp3) is 0. The van der Waals surface area contributed by atoms with Crippen LogP contribution in [0.25, 0.3) is 22.6 Å². The molecule has 1 aromatic heterocycles. The summed E-state index contributed by atoms with van der Waals surface area (Å²) in [6.45, 7) is 0. The molecule has 19 heavy (non-hydrogen) atoms. The van der Waals surface area contributed by atoms with Crippen LogP contribution in [-0.4, -0.2) is 0 Å². The molecule has 0 radical (unpaired) electrons. The summed E-state index contributed by atoms with van der Waals surface area (Å²) in [6.07, 6.45) is 0. The van der Waals surface area contributed by atoms with Gasteiger partial charge in [-0.05, 0) is 36.3 Å². The van der Waals surface area contributed by atoms with Crippen molar-refractivity contribution in [2.24, 2.45) is 0 Å². The minimum absolute atomic E-state index is 0.0364. The number of furan rings is 1. The Morgan fingerprint density at radius 3 is 1.42 bits per heavy atom. The maximum atomic E-state index is 8.08. The Labute approximate surface area is 139 Å². The molecular formula is C16H10Br2O. The van der Waals surface area contributed by atoms with Crippen molar-refractivity contribution in [2.75, 3.05) is 0 Å². The molecule has 94 valence electrons. The Morgan fingerprint density at radius 1 is 0.684 bits per heavy atom. The van der Waals surface area contributed by atoms with Crippen LogP contribution in [-0.2, 0) is 0 Å². The van der Waals surface area contributed by atoms with E-state index in [4.69, 9.17) is 15.4 Å². The molecular weight excluding hydrogens is 368 g/mol. The highest BCUT2D eigenvalue weighted by Crippen LogP contribution is 2.29. The molecule has 0 amide bonds. The average molecular weight is 386 g/mol. The summed E-state index contributed by atoms with van der Waals surface area (Å²) in [6, 6.07) is 0.655. The Kier molecular flexibility index (Phi) is 1.81. The first kappa shape index (κ1) is 6.42. The summed E-state index contributed by atoms with van der Waals surface area (Å²) in [7, 11) is 0. The predicted molar refractivity (Wildman–Crippen MR) is 85.0 cm³/mol. The number of halogens is 2. The molecule has 0 aliphatic heterocycles. The van der Waals surface area contributed by atoms with E-state index in [2.05, 4.69) is 31.9 Å². The monoisotopic (exact) mass is 384 g/mol. The molecule has 3 rings (SSSR count). The summed E-state index contributed by atoms with van der Waals surface area (Å²) in [5.41, 5.74) is -0.0985. The zero-order chi connectivity index (χ0) is 20.2. The molecule has 1 nitrogen and oxygen atoms in total. The molecule has 0 saturated heterocycles. The highest BCUT2D eigenvalue weighted by Gasteiger charge is 2.06. The lowest BCUT2D eigenvalue weighted by Crippen LogP contribution is -1.74. The van der Waals surface area contributed by atoms with Gasteiger partial charge in [0.15, 0.2) is 0 Å². The molecule has 0 bridgehead atoms. The molecule has 2 aromatic carbocycles. The minimum atomic E-state index is -0.292. The van der Waals surface area contributed by atoms with Crippen LogP contribution in [0.15, 0.2) is 73.8 Å². The van der Waals surface area contributed by atoms with E-state index in [0.29, 0.717) is 0 Å². The van der Waals surface area contributed by atoms with E-state index in [1.807, 2.05) is 0 Å². The van der Waals surface area contributed by atoms with Crippen molar-refractivity contribution in [1.29, 1.82) is 0 Å². The van der Waals surface area contributed by atoms with E-state index >= 15 is 0 Å². The van der Waals surface area contributed by atoms with Crippen molar-refractivity contribution >= 4 is 31.9 Å². The van der Waals surface area contributed by atoms with Gasteiger partial charge in [0.05, 0.1) is 11.0 Å². The smallest absolute Gasteiger partial charge is 0.134 e. The first-order chi connectivity index (χ1) is 12.6. The number of benzene rings is 2. The highest BCUT2D eigenvalue weighted by atomic mass is 79.9. The summed E-state index contributed by atoms with van der Waals surface area (Å²) >= 11 is 6.06. The van der Waals surface area contributed by atoms with Gasteiger partial charge in [0.1, 0.15) is 11.5 Å². The quantitative estimate of drug-likeness (QED) is 0.516. The standard InChI is InChI=1S/C16H10Br2O/c17-13-5-1-11(2-6-13)15-9-10-16(19-15)12-3-7-14(18)8-4-12/h1-10H/i1D,2D,3D,4D,5D,6D,7D,8D.